The van der Waals surface area contributed by atoms with E-state index in [9.17, 15) is 24.3 Å². The first kappa shape index (κ1) is 34.1. The molecule has 230 valence electrons. The molecular weight excluding hydrogens is 524 g/mol. The quantitative estimate of drug-likeness (QED) is 0.339. The number of aliphatic hydroxyl groups is 1. The van der Waals surface area contributed by atoms with Crippen molar-refractivity contribution in [2.24, 2.45) is 11.8 Å². The Bertz CT molecular complexity index is 1020. The second kappa shape index (κ2) is 14.7. The molecule has 0 aliphatic carbocycles. The van der Waals surface area contributed by atoms with E-state index >= 15 is 0 Å². The largest absolute Gasteiger partial charge is 0.444 e. The molecule has 0 bridgehead atoms. The van der Waals surface area contributed by atoms with Crippen molar-refractivity contribution in [3.63, 3.8) is 0 Å². The van der Waals surface area contributed by atoms with Crippen LogP contribution < -0.4 is 16.0 Å². The Balaban J connectivity index is 2.11. The highest BCUT2D eigenvalue weighted by atomic mass is 16.6. The summed E-state index contributed by atoms with van der Waals surface area (Å²) in [4.78, 5) is 53.6. The molecule has 0 saturated carbocycles. The van der Waals surface area contributed by atoms with Crippen molar-refractivity contribution in [2.75, 3.05) is 13.1 Å². The number of aliphatic hydroxyl groups excluding tert-OH is 1. The zero-order valence-electron chi connectivity index (χ0n) is 26.0. The fourth-order valence-electron chi connectivity index (χ4n) is 4.66. The summed E-state index contributed by atoms with van der Waals surface area (Å²) >= 11 is 0. The van der Waals surface area contributed by atoms with Crippen molar-refractivity contribution in [1.82, 2.24) is 20.9 Å². The van der Waals surface area contributed by atoms with E-state index in [0.29, 0.717) is 32.4 Å². The Morgan fingerprint density at radius 1 is 0.951 bits per heavy atom. The van der Waals surface area contributed by atoms with E-state index < -0.39 is 47.2 Å². The number of rotatable bonds is 10. The fraction of sp³-hybridized carbons (Fsp3) is 0.677. The third-order valence-electron chi connectivity index (χ3n) is 6.63. The fourth-order valence-corrected chi connectivity index (χ4v) is 4.66. The molecule has 1 fully saturated rings. The minimum absolute atomic E-state index is 0.0988. The van der Waals surface area contributed by atoms with Gasteiger partial charge >= 0.3 is 6.09 Å². The summed E-state index contributed by atoms with van der Waals surface area (Å²) in [6.07, 6.45) is -0.349. The smallest absolute Gasteiger partial charge is 0.410 e. The monoisotopic (exact) mass is 574 g/mol. The maximum absolute atomic E-state index is 13.5. The SMILES string of the molecule is CC(C)C[C@H](NC(=O)C1CCN(C(=O)OC(C)(C)C)CC1)C(=O)NC(Cc1ccccc1)C(O)C(=O)NC(C)(C)C. The van der Waals surface area contributed by atoms with Gasteiger partial charge in [-0.05, 0) is 78.7 Å². The van der Waals surface area contributed by atoms with Crippen molar-refractivity contribution >= 4 is 23.8 Å². The molecule has 1 heterocycles. The summed E-state index contributed by atoms with van der Waals surface area (Å²) < 4.78 is 5.44. The third-order valence-corrected chi connectivity index (χ3v) is 6.63. The predicted molar refractivity (Wildman–Crippen MR) is 158 cm³/mol. The van der Waals surface area contributed by atoms with Gasteiger partial charge in [0, 0.05) is 24.5 Å². The van der Waals surface area contributed by atoms with Gasteiger partial charge in [-0.1, -0.05) is 44.2 Å². The molecule has 1 aliphatic heterocycles. The van der Waals surface area contributed by atoms with E-state index in [1.54, 1.807) is 4.90 Å². The number of nitrogens with zero attached hydrogens (tertiary/aromatic N) is 1. The third kappa shape index (κ3) is 12.1. The summed E-state index contributed by atoms with van der Waals surface area (Å²) in [5, 5.41) is 19.5. The summed E-state index contributed by atoms with van der Waals surface area (Å²) in [7, 11) is 0. The number of carbonyl (C=O) groups excluding carboxylic acids is 4. The lowest BCUT2D eigenvalue weighted by molar-refractivity contribution is -0.136. The number of nitrogens with one attached hydrogen (secondary N) is 3. The molecule has 0 radical (unpaired) electrons. The average molecular weight is 575 g/mol. The molecule has 1 aromatic rings. The molecule has 41 heavy (non-hydrogen) atoms. The highest BCUT2D eigenvalue weighted by Crippen LogP contribution is 2.21. The lowest BCUT2D eigenvalue weighted by Crippen LogP contribution is -2.58. The molecule has 1 aliphatic rings. The van der Waals surface area contributed by atoms with E-state index in [1.807, 2.05) is 85.7 Å². The maximum atomic E-state index is 13.5. The summed E-state index contributed by atoms with van der Waals surface area (Å²) in [5.74, 6) is -1.54. The van der Waals surface area contributed by atoms with Crippen LogP contribution in [0.4, 0.5) is 4.79 Å². The van der Waals surface area contributed by atoms with Crippen LogP contribution in [-0.4, -0.2) is 76.2 Å². The van der Waals surface area contributed by atoms with Crippen LogP contribution in [0.5, 0.6) is 0 Å². The molecule has 2 unspecified atom stereocenters. The highest BCUT2D eigenvalue weighted by Gasteiger charge is 2.35. The molecule has 4 N–H and O–H groups in total. The molecule has 4 amide bonds. The molecule has 10 nitrogen and oxygen atoms in total. The number of hydrogen-bond donors (Lipinski definition) is 4. The minimum atomic E-state index is -1.49. The van der Waals surface area contributed by atoms with Crippen LogP contribution in [-0.2, 0) is 25.5 Å². The molecule has 0 aromatic heterocycles. The zero-order valence-corrected chi connectivity index (χ0v) is 26.0. The van der Waals surface area contributed by atoms with Gasteiger partial charge < -0.3 is 30.7 Å². The topological polar surface area (TPSA) is 137 Å². The van der Waals surface area contributed by atoms with Crippen LogP contribution in [0, 0.1) is 11.8 Å². The zero-order chi connectivity index (χ0) is 31.0. The van der Waals surface area contributed by atoms with Crippen molar-refractivity contribution in [2.45, 2.75) is 110 Å². The van der Waals surface area contributed by atoms with Crippen molar-refractivity contribution < 1.29 is 29.0 Å². The van der Waals surface area contributed by atoms with Crippen LogP contribution in [0.1, 0.15) is 80.2 Å². The van der Waals surface area contributed by atoms with Crippen molar-refractivity contribution in [3.05, 3.63) is 35.9 Å². The lowest BCUT2D eigenvalue weighted by Gasteiger charge is -2.34. The predicted octanol–water partition coefficient (Wildman–Crippen LogP) is 3.17. The number of benzene rings is 1. The Morgan fingerprint density at radius 3 is 2.05 bits per heavy atom. The maximum Gasteiger partial charge on any atom is 0.410 e. The second-order valence-electron chi connectivity index (χ2n) is 13.4. The van der Waals surface area contributed by atoms with Crippen LogP contribution in [0.25, 0.3) is 0 Å². The van der Waals surface area contributed by atoms with Crippen LogP contribution >= 0.6 is 0 Å². The standard InChI is InChI=1S/C31H50N4O6/c1-20(2)18-24(33-26(37)22-14-16-35(17-15-22)29(40)41-31(6,7)8)27(38)32-23(19-21-12-10-9-11-13-21)25(36)28(39)34-30(3,4)5/h9-13,20,22-25,36H,14-19H2,1-8H3,(H,32,38)(H,33,37)(H,34,39)/t23?,24-,25?/m0/s1. The van der Waals surface area contributed by atoms with Gasteiger partial charge in [0.25, 0.3) is 5.91 Å². The van der Waals surface area contributed by atoms with Gasteiger partial charge in [-0.25, -0.2) is 4.79 Å². The van der Waals surface area contributed by atoms with Gasteiger partial charge in [0.2, 0.25) is 11.8 Å². The number of piperidine rings is 1. The van der Waals surface area contributed by atoms with E-state index in [4.69, 9.17) is 4.74 Å². The Hall–Kier alpha value is -3.14. The molecule has 2 rings (SSSR count). The first-order valence-electron chi connectivity index (χ1n) is 14.6. The summed E-state index contributed by atoms with van der Waals surface area (Å²) in [6, 6.07) is 7.55. The lowest BCUT2D eigenvalue weighted by atomic mass is 9.94. The average Bonchev–Trinajstić information content (AvgIpc) is 2.85. The van der Waals surface area contributed by atoms with Crippen LogP contribution in [0.3, 0.4) is 0 Å². The second-order valence-corrected chi connectivity index (χ2v) is 13.4. The molecular formula is C31H50N4O6. The van der Waals surface area contributed by atoms with Crippen molar-refractivity contribution in [1.29, 1.82) is 0 Å². The van der Waals surface area contributed by atoms with Gasteiger partial charge in [-0.3, -0.25) is 14.4 Å². The Labute approximate surface area is 245 Å². The summed E-state index contributed by atoms with van der Waals surface area (Å²) in [5.41, 5.74) is -0.309. The van der Waals surface area contributed by atoms with Gasteiger partial charge in [-0.15, -0.1) is 0 Å². The van der Waals surface area contributed by atoms with E-state index in [1.165, 1.54) is 0 Å². The number of carbonyl (C=O) groups is 4. The molecule has 0 spiro atoms. The van der Waals surface area contributed by atoms with E-state index in [2.05, 4.69) is 16.0 Å². The number of likely N-dealkylation sites (tertiary alicyclic amines) is 1. The van der Waals surface area contributed by atoms with Gasteiger partial charge in [0.15, 0.2) is 6.10 Å². The molecule has 10 heteroatoms. The Kier molecular flexibility index (Phi) is 12.2. The number of amides is 4. The van der Waals surface area contributed by atoms with Gasteiger partial charge in [0.1, 0.15) is 11.6 Å². The number of hydrogen-bond acceptors (Lipinski definition) is 6. The van der Waals surface area contributed by atoms with Gasteiger partial charge in [-0.2, -0.15) is 0 Å². The van der Waals surface area contributed by atoms with Gasteiger partial charge in [0.05, 0.1) is 6.04 Å². The minimum Gasteiger partial charge on any atom is -0.444 e. The Morgan fingerprint density at radius 2 is 1.54 bits per heavy atom. The number of ether oxygens (including phenoxy) is 1. The van der Waals surface area contributed by atoms with E-state index in [0.717, 1.165) is 5.56 Å². The summed E-state index contributed by atoms with van der Waals surface area (Å²) in [6.45, 7) is 15.6. The normalized spacial score (nSPS) is 16.9. The molecule has 1 aromatic carbocycles. The highest BCUT2D eigenvalue weighted by molar-refractivity contribution is 5.89. The first-order chi connectivity index (χ1) is 18.9. The first-order valence-corrected chi connectivity index (χ1v) is 14.6. The van der Waals surface area contributed by atoms with Crippen molar-refractivity contribution in [3.8, 4) is 0 Å². The molecule has 3 atom stereocenters. The van der Waals surface area contributed by atoms with Crippen LogP contribution in [0.15, 0.2) is 30.3 Å². The molecule has 1 saturated heterocycles. The van der Waals surface area contributed by atoms with E-state index in [-0.39, 0.29) is 24.2 Å². The van der Waals surface area contributed by atoms with Crippen LogP contribution in [0.2, 0.25) is 0 Å².